The quantitative estimate of drug-likeness (QED) is 0.0930. The van der Waals surface area contributed by atoms with Crippen molar-refractivity contribution in [3.8, 4) is 0 Å². The van der Waals surface area contributed by atoms with E-state index in [-0.39, 0.29) is 39.1 Å². The Morgan fingerprint density at radius 3 is 2.06 bits per heavy atom. The maximum atomic E-state index is 13.2. The van der Waals surface area contributed by atoms with Crippen LogP contribution in [0.1, 0.15) is 209 Å². The molecule has 292 valence electrons. The number of esters is 1. The van der Waals surface area contributed by atoms with Gasteiger partial charge in [-0.15, -0.1) is 0 Å². The van der Waals surface area contributed by atoms with E-state index < -0.39 is 0 Å². The summed E-state index contributed by atoms with van der Waals surface area (Å²) in [5.74, 6) is 1.79. The van der Waals surface area contributed by atoms with Crippen LogP contribution < -0.4 is 0 Å². The van der Waals surface area contributed by atoms with Gasteiger partial charge in [-0.25, -0.2) is 0 Å². The first-order chi connectivity index (χ1) is 24.2. The lowest BCUT2D eigenvalue weighted by molar-refractivity contribution is -0.213. The van der Waals surface area contributed by atoms with Gasteiger partial charge in [0, 0.05) is 23.9 Å². The molecule has 0 radical (unpaired) electrons. The van der Waals surface area contributed by atoms with Crippen LogP contribution in [0, 0.1) is 50.2 Å². The van der Waals surface area contributed by atoms with Gasteiger partial charge in [-0.05, 0) is 136 Å². The van der Waals surface area contributed by atoms with Crippen LogP contribution in [0.3, 0.4) is 0 Å². The molecule has 5 aliphatic rings. The molecule has 3 heteroatoms. The standard InChI is InChI=1S/C48H82O3/c1-9-10-11-12-13-14-15-16-17-18-19-20-21-22-23-24-42(50)51-41-28-29-45(6)39(44(41,4)5)27-30-47(8)40(45)26-25-37-38-35-43(2,3)31-33-48(38,36-49)34-32-46(37,47)7/h16-17,25,38-41,49H,9-15,18-24,26-36H2,1-8H3/b17-16-/t38-,39-,40+,41-,45-,46+,47+,48+/m0/s1. The molecule has 3 nitrogen and oxygen atoms in total. The molecule has 5 aliphatic carbocycles. The highest BCUT2D eigenvalue weighted by molar-refractivity contribution is 5.69. The smallest absolute Gasteiger partial charge is 0.306 e. The molecular formula is C48H82O3. The number of hydrogen-bond acceptors (Lipinski definition) is 3. The summed E-state index contributed by atoms with van der Waals surface area (Å²) in [6.45, 7) is 20.4. The van der Waals surface area contributed by atoms with Gasteiger partial charge in [-0.3, -0.25) is 4.79 Å². The van der Waals surface area contributed by atoms with Crippen molar-refractivity contribution in [3.05, 3.63) is 23.8 Å². The molecular weight excluding hydrogens is 625 g/mol. The molecule has 0 aromatic heterocycles. The normalized spacial score (nSPS) is 38.3. The Labute approximate surface area is 316 Å². The molecule has 0 heterocycles. The molecule has 0 bridgehead atoms. The molecule has 1 N–H and O–H groups in total. The molecule has 0 amide bonds. The van der Waals surface area contributed by atoms with Crippen LogP contribution in [0.4, 0.5) is 0 Å². The summed E-state index contributed by atoms with van der Waals surface area (Å²) in [5, 5.41) is 10.8. The van der Waals surface area contributed by atoms with E-state index in [9.17, 15) is 9.90 Å². The van der Waals surface area contributed by atoms with E-state index in [0.717, 1.165) is 19.3 Å². The number of aliphatic hydroxyl groups excluding tert-OH is 1. The number of fused-ring (bicyclic) bond motifs is 7. The van der Waals surface area contributed by atoms with Gasteiger partial charge >= 0.3 is 5.97 Å². The van der Waals surface area contributed by atoms with Crippen LogP contribution in [0.2, 0.25) is 0 Å². The van der Waals surface area contributed by atoms with Crippen LogP contribution in [-0.4, -0.2) is 23.8 Å². The molecule has 4 fully saturated rings. The third kappa shape index (κ3) is 8.29. The van der Waals surface area contributed by atoms with Crippen molar-refractivity contribution in [2.45, 2.75) is 216 Å². The fraction of sp³-hybridized carbons (Fsp3) is 0.896. The number of ether oxygens (including phenoxy) is 1. The predicted octanol–water partition coefficient (Wildman–Crippen LogP) is 13.7. The minimum Gasteiger partial charge on any atom is -0.462 e. The highest BCUT2D eigenvalue weighted by Crippen LogP contribution is 2.75. The van der Waals surface area contributed by atoms with Crippen molar-refractivity contribution in [1.29, 1.82) is 0 Å². The number of hydrogen-bond donors (Lipinski definition) is 1. The maximum absolute atomic E-state index is 13.2. The predicted molar refractivity (Wildman–Crippen MR) is 215 cm³/mol. The largest absolute Gasteiger partial charge is 0.462 e. The van der Waals surface area contributed by atoms with E-state index in [4.69, 9.17) is 4.74 Å². The van der Waals surface area contributed by atoms with Gasteiger partial charge in [0.25, 0.3) is 0 Å². The van der Waals surface area contributed by atoms with Crippen LogP contribution >= 0.6 is 0 Å². The number of aliphatic hydroxyl groups is 1. The van der Waals surface area contributed by atoms with Crippen LogP contribution in [0.25, 0.3) is 0 Å². The molecule has 4 saturated carbocycles. The summed E-state index contributed by atoms with van der Waals surface area (Å²) in [4.78, 5) is 13.2. The zero-order valence-corrected chi connectivity index (χ0v) is 35.0. The minimum atomic E-state index is -0.0105. The zero-order valence-electron chi connectivity index (χ0n) is 35.0. The van der Waals surface area contributed by atoms with Crippen molar-refractivity contribution in [1.82, 2.24) is 0 Å². The third-order valence-corrected chi connectivity index (χ3v) is 17.0. The van der Waals surface area contributed by atoms with Gasteiger partial charge in [-0.2, -0.15) is 0 Å². The summed E-state index contributed by atoms with van der Waals surface area (Å²) < 4.78 is 6.41. The Morgan fingerprint density at radius 2 is 1.39 bits per heavy atom. The molecule has 0 aromatic rings. The summed E-state index contributed by atoms with van der Waals surface area (Å²) in [7, 11) is 0. The number of allylic oxidation sites excluding steroid dienone is 4. The third-order valence-electron chi connectivity index (χ3n) is 17.0. The number of rotatable bonds is 17. The topological polar surface area (TPSA) is 46.5 Å². The van der Waals surface area contributed by atoms with E-state index in [2.05, 4.69) is 73.6 Å². The minimum absolute atomic E-state index is 0.0105. The molecule has 0 saturated heterocycles. The van der Waals surface area contributed by atoms with Gasteiger partial charge in [0.15, 0.2) is 0 Å². The van der Waals surface area contributed by atoms with Gasteiger partial charge < -0.3 is 9.84 Å². The average molecular weight is 707 g/mol. The molecule has 0 aliphatic heterocycles. The van der Waals surface area contributed by atoms with Gasteiger partial charge in [-0.1, -0.05) is 131 Å². The second-order valence-corrected chi connectivity index (χ2v) is 20.9. The fourth-order valence-corrected chi connectivity index (χ4v) is 13.4. The Bertz CT molecular complexity index is 1210. The Morgan fingerprint density at radius 1 is 0.765 bits per heavy atom. The molecule has 0 aromatic carbocycles. The zero-order chi connectivity index (χ0) is 37.0. The molecule has 8 atom stereocenters. The van der Waals surface area contributed by atoms with E-state index >= 15 is 0 Å². The molecule has 0 spiro atoms. The Balaban J connectivity index is 1.10. The molecule has 51 heavy (non-hydrogen) atoms. The van der Waals surface area contributed by atoms with Gasteiger partial charge in [0.1, 0.15) is 6.10 Å². The average Bonchev–Trinajstić information content (AvgIpc) is 3.08. The van der Waals surface area contributed by atoms with Crippen molar-refractivity contribution in [3.63, 3.8) is 0 Å². The van der Waals surface area contributed by atoms with Crippen molar-refractivity contribution in [2.75, 3.05) is 6.61 Å². The van der Waals surface area contributed by atoms with E-state index in [1.54, 1.807) is 5.57 Å². The maximum Gasteiger partial charge on any atom is 0.306 e. The van der Waals surface area contributed by atoms with Crippen molar-refractivity contribution >= 4 is 5.97 Å². The first kappa shape index (κ1) is 41.1. The molecule has 0 unspecified atom stereocenters. The first-order valence-electron chi connectivity index (χ1n) is 22.3. The molecule has 5 rings (SSSR count). The van der Waals surface area contributed by atoms with Crippen LogP contribution in [0.5, 0.6) is 0 Å². The number of carbonyl (C=O) groups excluding carboxylic acids is 1. The second kappa shape index (κ2) is 16.7. The monoisotopic (exact) mass is 707 g/mol. The fourth-order valence-electron chi connectivity index (χ4n) is 13.4. The summed E-state index contributed by atoms with van der Waals surface area (Å²) in [6.07, 6.45) is 36.6. The van der Waals surface area contributed by atoms with Crippen LogP contribution in [-0.2, 0) is 9.53 Å². The lowest BCUT2D eigenvalue weighted by Crippen LogP contribution is -2.65. The van der Waals surface area contributed by atoms with Crippen molar-refractivity contribution in [2.24, 2.45) is 50.2 Å². The Hall–Kier alpha value is -1.09. The van der Waals surface area contributed by atoms with Crippen molar-refractivity contribution < 1.29 is 14.6 Å². The van der Waals surface area contributed by atoms with Gasteiger partial charge in [0.05, 0.1) is 0 Å². The number of unbranched alkanes of at least 4 members (excludes halogenated alkanes) is 11. The second-order valence-electron chi connectivity index (χ2n) is 20.9. The lowest BCUT2D eigenvalue weighted by Gasteiger charge is -2.71. The van der Waals surface area contributed by atoms with Crippen LogP contribution in [0.15, 0.2) is 23.8 Å². The SMILES string of the molecule is CCCCCCCC/C=C\CCCCCCCC(=O)O[C@H]1CC[C@]2(C)[C@H]3CC=C4[C@@H]5CC(C)(C)CC[C@]5(CO)CC[C@@]4(C)[C@]3(C)CC[C@H]2C1(C)C. The first-order valence-corrected chi connectivity index (χ1v) is 22.3. The number of carbonyl (C=O) groups is 1. The summed E-state index contributed by atoms with van der Waals surface area (Å²) >= 11 is 0. The van der Waals surface area contributed by atoms with E-state index in [1.165, 1.54) is 128 Å². The highest BCUT2D eigenvalue weighted by atomic mass is 16.5. The summed E-state index contributed by atoms with van der Waals surface area (Å²) in [6, 6.07) is 0. The Kier molecular flexibility index (Phi) is 13.5. The lowest BCUT2D eigenvalue weighted by atomic mass is 9.33. The van der Waals surface area contributed by atoms with E-state index in [1.807, 2.05) is 0 Å². The highest BCUT2D eigenvalue weighted by Gasteiger charge is 2.68. The van der Waals surface area contributed by atoms with Gasteiger partial charge in [0.2, 0.25) is 0 Å². The summed E-state index contributed by atoms with van der Waals surface area (Å²) in [5.41, 5.74) is 2.91. The van der Waals surface area contributed by atoms with E-state index in [0.29, 0.717) is 36.2 Å².